The highest BCUT2D eigenvalue weighted by Gasteiger charge is 2.31. The molecule has 1 aromatic carbocycles. The molecule has 21 heavy (non-hydrogen) atoms. The predicted octanol–water partition coefficient (Wildman–Crippen LogP) is 4.88. The summed E-state index contributed by atoms with van der Waals surface area (Å²) in [4.78, 5) is 3.85. The van der Waals surface area contributed by atoms with Gasteiger partial charge in [-0.25, -0.2) is 0 Å². The van der Waals surface area contributed by atoms with Gasteiger partial charge in [0.25, 0.3) is 0 Å². The van der Waals surface area contributed by atoms with Crippen LogP contribution in [0.3, 0.4) is 0 Å². The fourth-order valence-electron chi connectivity index (χ4n) is 1.97. The third kappa shape index (κ3) is 3.54. The van der Waals surface area contributed by atoms with Gasteiger partial charge in [-0.15, -0.1) is 0 Å². The maximum atomic E-state index is 12.6. The summed E-state index contributed by atoms with van der Waals surface area (Å²) < 4.78 is 42.8. The van der Waals surface area contributed by atoms with Crippen molar-refractivity contribution in [2.45, 2.75) is 19.7 Å². The summed E-state index contributed by atoms with van der Waals surface area (Å²) >= 11 is 5.94. The second-order valence-electron chi connectivity index (χ2n) is 4.63. The number of methoxy groups -OCH3 is 1. The standard InChI is InChI=1S/C15H13ClF3NO/c1-9-5-10(3-4-11(9)8-21-2)14-13(16)6-12(7-20-14)15(17,18)19/h3-7H,8H2,1-2H3. The van der Waals surface area contributed by atoms with Crippen molar-refractivity contribution in [3.8, 4) is 11.3 Å². The van der Waals surface area contributed by atoms with E-state index in [4.69, 9.17) is 16.3 Å². The van der Waals surface area contributed by atoms with Gasteiger partial charge in [0.2, 0.25) is 0 Å². The normalized spacial score (nSPS) is 11.7. The molecular weight excluding hydrogens is 303 g/mol. The first-order valence-electron chi connectivity index (χ1n) is 6.14. The Morgan fingerprint density at radius 2 is 1.95 bits per heavy atom. The van der Waals surface area contributed by atoms with E-state index in [0.29, 0.717) is 17.9 Å². The Bertz CT molecular complexity index is 656. The second-order valence-corrected chi connectivity index (χ2v) is 5.03. The maximum Gasteiger partial charge on any atom is 0.417 e. The number of aromatic nitrogens is 1. The van der Waals surface area contributed by atoms with Crippen LogP contribution < -0.4 is 0 Å². The minimum Gasteiger partial charge on any atom is -0.380 e. The summed E-state index contributed by atoms with van der Waals surface area (Å²) in [5, 5.41) is -0.0243. The number of aryl methyl sites for hydroxylation is 1. The zero-order valence-electron chi connectivity index (χ0n) is 11.5. The van der Waals surface area contributed by atoms with Crippen LogP contribution in [-0.4, -0.2) is 12.1 Å². The van der Waals surface area contributed by atoms with Crippen molar-refractivity contribution in [3.05, 3.63) is 52.2 Å². The minimum atomic E-state index is -4.45. The molecule has 0 saturated carbocycles. The van der Waals surface area contributed by atoms with Crippen molar-refractivity contribution in [1.29, 1.82) is 0 Å². The van der Waals surface area contributed by atoms with Crippen molar-refractivity contribution in [3.63, 3.8) is 0 Å². The number of pyridine rings is 1. The zero-order valence-corrected chi connectivity index (χ0v) is 12.2. The first kappa shape index (κ1) is 15.8. The SMILES string of the molecule is COCc1ccc(-c2ncc(C(F)(F)F)cc2Cl)cc1C. The van der Waals surface area contributed by atoms with Crippen LogP contribution in [0, 0.1) is 6.92 Å². The molecule has 112 valence electrons. The number of ether oxygens (including phenoxy) is 1. The van der Waals surface area contributed by atoms with E-state index >= 15 is 0 Å². The van der Waals surface area contributed by atoms with Crippen molar-refractivity contribution < 1.29 is 17.9 Å². The zero-order chi connectivity index (χ0) is 15.6. The molecule has 2 rings (SSSR count). The van der Waals surface area contributed by atoms with Gasteiger partial charge in [0.05, 0.1) is 22.9 Å². The summed E-state index contributed by atoms with van der Waals surface area (Å²) in [6, 6.07) is 6.34. The van der Waals surface area contributed by atoms with Crippen LogP contribution in [0.1, 0.15) is 16.7 Å². The highest BCUT2D eigenvalue weighted by molar-refractivity contribution is 6.33. The van der Waals surface area contributed by atoms with E-state index < -0.39 is 11.7 Å². The fraction of sp³-hybridized carbons (Fsp3) is 0.267. The predicted molar refractivity (Wildman–Crippen MR) is 75.1 cm³/mol. The molecule has 0 bridgehead atoms. The number of rotatable bonds is 3. The average molecular weight is 316 g/mol. The number of halogens is 4. The number of alkyl halides is 3. The Labute approximate surface area is 125 Å². The molecule has 2 nitrogen and oxygen atoms in total. The van der Waals surface area contributed by atoms with Gasteiger partial charge in [-0.05, 0) is 30.2 Å². The topological polar surface area (TPSA) is 22.1 Å². The molecule has 0 saturated heterocycles. The largest absolute Gasteiger partial charge is 0.417 e. The van der Waals surface area contributed by atoms with Gasteiger partial charge in [-0.3, -0.25) is 4.98 Å². The molecule has 0 aliphatic carbocycles. The van der Waals surface area contributed by atoms with Crippen LogP contribution in [0.2, 0.25) is 5.02 Å². The molecule has 0 aliphatic rings. The smallest absolute Gasteiger partial charge is 0.380 e. The van der Waals surface area contributed by atoms with Gasteiger partial charge in [0.15, 0.2) is 0 Å². The van der Waals surface area contributed by atoms with Crippen molar-refractivity contribution in [1.82, 2.24) is 4.98 Å². The quantitative estimate of drug-likeness (QED) is 0.805. The maximum absolute atomic E-state index is 12.6. The fourth-order valence-corrected chi connectivity index (χ4v) is 2.24. The van der Waals surface area contributed by atoms with E-state index in [2.05, 4.69) is 4.98 Å². The summed E-state index contributed by atoms with van der Waals surface area (Å²) in [5.41, 5.74) is 2.11. The highest BCUT2D eigenvalue weighted by Crippen LogP contribution is 2.34. The molecule has 0 spiro atoms. The van der Waals surface area contributed by atoms with Gasteiger partial charge in [-0.2, -0.15) is 13.2 Å². The van der Waals surface area contributed by atoms with Gasteiger partial charge < -0.3 is 4.74 Å². The summed E-state index contributed by atoms with van der Waals surface area (Å²) in [6.45, 7) is 2.37. The van der Waals surface area contributed by atoms with Crippen molar-refractivity contribution in [2.24, 2.45) is 0 Å². The third-order valence-electron chi connectivity index (χ3n) is 3.08. The van der Waals surface area contributed by atoms with E-state index in [0.717, 1.165) is 23.4 Å². The number of hydrogen-bond donors (Lipinski definition) is 0. The Kier molecular flexibility index (Phi) is 4.54. The Morgan fingerprint density at radius 3 is 2.48 bits per heavy atom. The molecule has 0 fully saturated rings. The first-order chi connectivity index (χ1) is 9.82. The number of nitrogens with zero attached hydrogens (tertiary/aromatic N) is 1. The van der Waals surface area contributed by atoms with Crippen LogP contribution in [0.25, 0.3) is 11.3 Å². The Hall–Kier alpha value is -1.59. The van der Waals surface area contributed by atoms with E-state index in [1.54, 1.807) is 13.2 Å². The molecule has 0 aliphatic heterocycles. The monoisotopic (exact) mass is 315 g/mol. The minimum absolute atomic E-state index is 0.0243. The van der Waals surface area contributed by atoms with Gasteiger partial charge in [0.1, 0.15) is 0 Å². The molecule has 0 amide bonds. The third-order valence-corrected chi connectivity index (χ3v) is 3.37. The molecule has 6 heteroatoms. The van der Waals surface area contributed by atoms with Crippen LogP contribution in [-0.2, 0) is 17.5 Å². The highest BCUT2D eigenvalue weighted by atomic mass is 35.5. The molecule has 0 radical (unpaired) electrons. The first-order valence-corrected chi connectivity index (χ1v) is 6.52. The van der Waals surface area contributed by atoms with E-state index in [-0.39, 0.29) is 5.02 Å². The molecule has 0 N–H and O–H groups in total. The number of hydrogen-bond acceptors (Lipinski definition) is 2. The van der Waals surface area contributed by atoms with Crippen LogP contribution in [0.4, 0.5) is 13.2 Å². The van der Waals surface area contributed by atoms with Gasteiger partial charge in [0, 0.05) is 18.9 Å². The van der Waals surface area contributed by atoms with Crippen LogP contribution in [0.5, 0.6) is 0 Å². The van der Waals surface area contributed by atoms with Gasteiger partial charge in [-0.1, -0.05) is 23.7 Å². The molecule has 0 unspecified atom stereocenters. The van der Waals surface area contributed by atoms with E-state index in [1.807, 2.05) is 19.1 Å². The second kappa shape index (κ2) is 6.03. The lowest BCUT2D eigenvalue weighted by atomic mass is 10.0. The van der Waals surface area contributed by atoms with E-state index in [1.165, 1.54) is 0 Å². The number of benzene rings is 1. The summed E-state index contributed by atoms with van der Waals surface area (Å²) in [5.74, 6) is 0. The molecule has 0 atom stereocenters. The molecule has 1 heterocycles. The molecule has 1 aromatic heterocycles. The molecule has 2 aromatic rings. The van der Waals surface area contributed by atoms with E-state index in [9.17, 15) is 13.2 Å². The van der Waals surface area contributed by atoms with Crippen LogP contribution in [0.15, 0.2) is 30.5 Å². The van der Waals surface area contributed by atoms with Crippen LogP contribution >= 0.6 is 11.6 Å². The van der Waals surface area contributed by atoms with Crippen molar-refractivity contribution in [2.75, 3.05) is 7.11 Å². The lowest BCUT2D eigenvalue weighted by Crippen LogP contribution is -2.05. The average Bonchev–Trinajstić information content (AvgIpc) is 2.40. The van der Waals surface area contributed by atoms with Crippen molar-refractivity contribution >= 4 is 11.6 Å². The molecular formula is C15H13ClF3NO. The summed E-state index contributed by atoms with van der Waals surface area (Å²) in [6.07, 6.45) is -3.66. The lowest BCUT2D eigenvalue weighted by Gasteiger charge is -2.11. The summed E-state index contributed by atoms with van der Waals surface area (Å²) in [7, 11) is 1.60. The Balaban J connectivity index is 2.41. The lowest BCUT2D eigenvalue weighted by molar-refractivity contribution is -0.137. The van der Waals surface area contributed by atoms with Gasteiger partial charge >= 0.3 is 6.18 Å². The Morgan fingerprint density at radius 1 is 1.24 bits per heavy atom.